The fourth-order valence-electron chi connectivity index (χ4n) is 3.58. The maximum atomic E-state index is 14.7. The van der Waals surface area contributed by atoms with Crippen LogP contribution in [-0.4, -0.2) is 13.2 Å². The first-order chi connectivity index (χ1) is 13.0. The standard InChI is InChI=1S/C22H17F2N3/c1-14-26(2)22-20(12-19(23)18(13-25)21(22)24)27(14)17-10-8-16(9-11-17)15-6-4-3-5-7-15/h3-12,14H,1-2H3/t14-/m0/s1. The fourth-order valence-corrected chi connectivity index (χ4v) is 3.58. The summed E-state index contributed by atoms with van der Waals surface area (Å²) in [5.74, 6) is -1.66. The number of hydrogen-bond donors (Lipinski definition) is 0. The number of nitriles is 1. The summed E-state index contributed by atoms with van der Waals surface area (Å²) in [5, 5.41) is 9.04. The lowest BCUT2D eigenvalue weighted by Crippen LogP contribution is -2.35. The van der Waals surface area contributed by atoms with Gasteiger partial charge in [-0.1, -0.05) is 42.5 Å². The van der Waals surface area contributed by atoms with Crippen molar-refractivity contribution in [3.63, 3.8) is 0 Å². The average Bonchev–Trinajstić information content (AvgIpc) is 2.93. The van der Waals surface area contributed by atoms with Gasteiger partial charge in [0.2, 0.25) is 0 Å². The van der Waals surface area contributed by atoms with E-state index in [0.29, 0.717) is 5.69 Å². The zero-order valence-corrected chi connectivity index (χ0v) is 14.9. The Hall–Kier alpha value is -3.39. The number of anilines is 3. The molecule has 1 aliphatic heterocycles. The second-order valence-corrected chi connectivity index (χ2v) is 6.55. The number of benzene rings is 3. The smallest absolute Gasteiger partial charge is 0.169 e. The summed E-state index contributed by atoms with van der Waals surface area (Å²) in [6.45, 7) is 1.91. The fraction of sp³-hybridized carbons (Fsp3) is 0.136. The summed E-state index contributed by atoms with van der Waals surface area (Å²) in [7, 11) is 1.74. The normalized spacial score (nSPS) is 15.6. The van der Waals surface area contributed by atoms with Crippen LogP contribution in [-0.2, 0) is 0 Å². The molecule has 27 heavy (non-hydrogen) atoms. The van der Waals surface area contributed by atoms with Crippen molar-refractivity contribution in [1.82, 2.24) is 0 Å². The highest BCUT2D eigenvalue weighted by Crippen LogP contribution is 2.46. The van der Waals surface area contributed by atoms with Gasteiger partial charge < -0.3 is 9.80 Å². The molecule has 3 nitrogen and oxygen atoms in total. The quantitative estimate of drug-likeness (QED) is 0.609. The average molecular weight is 361 g/mol. The Bertz CT molecular complexity index is 1040. The molecule has 0 aliphatic carbocycles. The molecular formula is C22H17F2N3. The topological polar surface area (TPSA) is 30.3 Å². The summed E-state index contributed by atoms with van der Waals surface area (Å²) in [4.78, 5) is 3.59. The van der Waals surface area contributed by atoms with Gasteiger partial charge in [-0.2, -0.15) is 5.26 Å². The molecular weight excluding hydrogens is 344 g/mol. The lowest BCUT2D eigenvalue weighted by atomic mass is 10.1. The van der Waals surface area contributed by atoms with Crippen LogP contribution in [0.25, 0.3) is 11.1 Å². The molecule has 1 heterocycles. The third-order valence-corrected chi connectivity index (χ3v) is 5.08. The van der Waals surface area contributed by atoms with Crippen LogP contribution in [0.2, 0.25) is 0 Å². The number of rotatable bonds is 2. The Balaban J connectivity index is 1.79. The van der Waals surface area contributed by atoms with Crippen molar-refractivity contribution in [3.8, 4) is 17.2 Å². The van der Waals surface area contributed by atoms with Crippen molar-refractivity contribution < 1.29 is 8.78 Å². The molecule has 1 atom stereocenters. The van der Waals surface area contributed by atoms with Crippen molar-refractivity contribution in [2.75, 3.05) is 16.8 Å². The van der Waals surface area contributed by atoms with Gasteiger partial charge >= 0.3 is 0 Å². The highest BCUT2D eigenvalue weighted by atomic mass is 19.1. The van der Waals surface area contributed by atoms with E-state index in [4.69, 9.17) is 5.26 Å². The molecule has 0 amide bonds. The monoisotopic (exact) mass is 361 g/mol. The zero-order valence-electron chi connectivity index (χ0n) is 14.9. The number of nitrogens with zero attached hydrogens (tertiary/aromatic N) is 3. The summed E-state index contributed by atoms with van der Waals surface area (Å²) in [5.41, 5.74) is 3.12. The van der Waals surface area contributed by atoms with Crippen LogP contribution in [0.4, 0.5) is 25.8 Å². The van der Waals surface area contributed by atoms with Crippen LogP contribution in [0.1, 0.15) is 12.5 Å². The number of hydrogen-bond acceptors (Lipinski definition) is 3. The van der Waals surface area contributed by atoms with Crippen LogP contribution in [0, 0.1) is 23.0 Å². The highest BCUT2D eigenvalue weighted by molar-refractivity contribution is 5.85. The molecule has 1 aliphatic rings. The summed E-state index contributed by atoms with van der Waals surface area (Å²) in [6.07, 6.45) is -0.217. The van der Waals surface area contributed by atoms with E-state index < -0.39 is 17.2 Å². The van der Waals surface area contributed by atoms with E-state index >= 15 is 0 Å². The third-order valence-electron chi connectivity index (χ3n) is 5.08. The Labute approximate surface area is 156 Å². The van der Waals surface area contributed by atoms with Crippen LogP contribution in [0.15, 0.2) is 60.7 Å². The van der Waals surface area contributed by atoms with Gasteiger partial charge in [-0.25, -0.2) is 8.78 Å². The van der Waals surface area contributed by atoms with Gasteiger partial charge in [-0.05, 0) is 30.2 Å². The van der Waals surface area contributed by atoms with Crippen LogP contribution >= 0.6 is 0 Å². The lowest BCUT2D eigenvalue weighted by Gasteiger charge is -2.27. The van der Waals surface area contributed by atoms with Gasteiger partial charge in [0.15, 0.2) is 5.82 Å². The Kier molecular flexibility index (Phi) is 4.04. The molecule has 3 aromatic carbocycles. The number of halogens is 2. The minimum Gasteiger partial charge on any atom is -0.350 e. The molecule has 0 aromatic heterocycles. The second-order valence-electron chi connectivity index (χ2n) is 6.55. The first kappa shape index (κ1) is 17.0. The zero-order chi connectivity index (χ0) is 19.1. The molecule has 0 saturated heterocycles. The summed E-state index contributed by atoms with van der Waals surface area (Å²) >= 11 is 0. The van der Waals surface area contributed by atoms with Crippen LogP contribution in [0.3, 0.4) is 0 Å². The molecule has 0 saturated carbocycles. The summed E-state index contributed by atoms with van der Waals surface area (Å²) in [6, 6.07) is 20.7. The first-order valence-corrected chi connectivity index (χ1v) is 8.62. The molecule has 0 N–H and O–H groups in total. The largest absolute Gasteiger partial charge is 0.350 e. The van der Waals surface area contributed by atoms with Crippen molar-refractivity contribution >= 4 is 17.1 Å². The maximum Gasteiger partial charge on any atom is 0.169 e. The molecule has 0 fully saturated rings. The Morgan fingerprint density at radius 2 is 1.59 bits per heavy atom. The summed E-state index contributed by atoms with van der Waals surface area (Å²) < 4.78 is 28.9. The second kappa shape index (κ2) is 6.40. The Morgan fingerprint density at radius 3 is 2.22 bits per heavy atom. The van der Waals surface area contributed by atoms with Gasteiger partial charge in [0.1, 0.15) is 29.3 Å². The Morgan fingerprint density at radius 1 is 0.963 bits per heavy atom. The first-order valence-electron chi connectivity index (χ1n) is 8.62. The molecule has 5 heteroatoms. The lowest BCUT2D eigenvalue weighted by molar-refractivity contribution is 0.577. The molecule has 0 radical (unpaired) electrons. The van der Waals surface area contributed by atoms with E-state index in [0.717, 1.165) is 16.8 Å². The van der Waals surface area contributed by atoms with Gasteiger partial charge in [0, 0.05) is 18.8 Å². The van der Waals surface area contributed by atoms with Crippen molar-refractivity contribution in [2.45, 2.75) is 13.1 Å². The predicted octanol–water partition coefficient (Wildman–Crippen LogP) is 5.44. The van der Waals surface area contributed by atoms with Crippen molar-refractivity contribution in [1.29, 1.82) is 5.26 Å². The molecule has 0 bridgehead atoms. The highest BCUT2D eigenvalue weighted by Gasteiger charge is 2.36. The van der Waals surface area contributed by atoms with Gasteiger partial charge in [-0.15, -0.1) is 0 Å². The van der Waals surface area contributed by atoms with Crippen LogP contribution in [0.5, 0.6) is 0 Å². The SMILES string of the molecule is C[C@H]1N(C)c2c(cc(F)c(C#N)c2F)N1c1ccc(-c2ccccc2)cc1. The predicted molar refractivity (Wildman–Crippen MR) is 103 cm³/mol. The van der Waals surface area contributed by atoms with Gasteiger partial charge in [0.05, 0.1) is 5.69 Å². The van der Waals surface area contributed by atoms with Crippen molar-refractivity contribution in [3.05, 3.63) is 77.9 Å². The molecule has 134 valence electrons. The molecule has 4 rings (SSSR count). The minimum atomic E-state index is -0.845. The number of fused-ring (bicyclic) bond motifs is 1. The van der Waals surface area contributed by atoms with Gasteiger partial charge in [-0.3, -0.25) is 0 Å². The van der Waals surface area contributed by atoms with E-state index in [9.17, 15) is 8.78 Å². The minimum absolute atomic E-state index is 0.217. The maximum absolute atomic E-state index is 14.7. The van der Waals surface area contributed by atoms with E-state index in [-0.39, 0.29) is 11.9 Å². The van der Waals surface area contributed by atoms with Crippen LogP contribution < -0.4 is 9.80 Å². The van der Waals surface area contributed by atoms with E-state index in [2.05, 4.69) is 0 Å². The molecule has 3 aromatic rings. The van der Waals surface area contributed by atoms with Gasteiger partial charge in [0.25, 0.3) is 0 Å². The van der Waals surface area contributed by atoms with E-state index in [1.54, 1.807) is 18.0 Å². The molecule has 0 spiro atoms. The van der Waals surface area contributed by atoms with E-state index in [1.165, 1.54) is 6.07 Å². The molecule has 0 unspecified atom stereocenters. The van der Waals surface area contributed by atoms with Crippen molar-refractivity contribution in [2.24, 2.45) is 0 Å². The third kappa shape index (κ3) is 2.61. The van der Waals surface area contributed by atoms with E-state index in [1.807, 2.05) is 66.4 Å².